The number of hydrogen-bond acceptors (Lipinski definition) is 2. The second-order valence-electron chi connectivity index (χ2n) is 12.9. The van der Waals surface area contributed by atoms with Crippen LogP contribution < -0.4 is 0 Å². The predicted octanol–water partition coefficient (Wildman–Crippen LogP) is 12.1. The van der Waals surface area contributed by atoms with Gasteiger partial charge in [-0.05, 0) is 58.4 Å². The first-order chi connectivity index (χ1) is 23.7. The van der Waals surface area contributed by atoms with Gasteiger partial charge in [0, 0.05) is 22.1 Å². The molecule has 1 heterocycles. The minimum atomic E-state index is 0.00311. The van der Waals surface area contributed by atoms with Crippen LogP contribution in [0.3, 0.4) is 0 Å². The molecule has 0 aliphatic heterocycles. The lowest BCUT2D eigenvalue weighted by Crippen LogP contribution is -2.30. The third-order valence-corrected chi connectivity index (χ3v) is 10.0. The molecule has 232 valence electrons. The van der Waals surface area contributed by atoms with Crippen molar-refractivity contribution in [2.24, 2.45) is 0 Å². The largest absolute Gasteiger partial charge is 0.228 e. The number of rotatable bonds is 7. The van der Waals surface area contributed by atoms with Crippen molar-refractivity contribution in [1.29, 1.82) is 0 Å². The van der Waals surface area contributed by atoms with Gasteiger partial charge < -0.3 is 0 Å². The first-order valence-electron chi connectivity index (χ1n) is 17.1. The Morgan fingerprint density at radius 3 is 1.25 bits per heavy atom. The third-order valence-electron chi connectivity index (χ3n) is 10.0. The first kappa shape index (κ1) is 29.8. The van der Waals surface area contributed by atoms with Crippen molar-refractivity contribution >= 4 is 0 Å². The summed E-state index contributed by atoms with van der Waals surface area (Å²) < 4.78 is 0. The summed E-state index contributed by atoms with van der Waals surface area (Å²) in [6, 6.07) is 60.9. The fraction of sp³-hybridized carbons (Fsp3) is 0.130. The highest BCUT2D eigenvalue weighted by Crippen LogP contribution is 2.46. The monoisotopic (exact) mass is 618 g/mol. The van der Waals surface area contributed by atoms with Crippen LogP contribution in [0.2, 0.25) is 0 Å². The maximum Gasteiger partial charge on any atom is 0.160 e. The Labute approximate surface area is 283 Å². The van der Waals surface area contributed by atoms with Crippen LogP contribution in [0.25, 0.3) is 56.2 Å². The number of benzene rings is 6. The van der Waals surface area contributed by atoms with E-state index in [0.29, 0.717) is 0 Å². The normalized spacial score (nSPS) is 14.0. The molecule has 0 N–H and O–H groups in total. The zero-order chi connectivity index (χ0) is 32.2. The summed E-state index contributed by atoms with van der Waals surface area (Å²) in [6.45, 7) is 0. The molecule has 0 atom stereocenters. The fourth-order valence-corrected chi connectivity index (χ4v) is 7.42. The van der Waals surface area contributed by atoms with Crippen molar-refractivity contribution in [2.75, 3.05) is 0 Å². The van der Waals surface area contributed by atoms with E-state index in [9.17, 15) is 0 Å². The smallest absolute Gasteiger partial charge is 0.160 e. The second-order valence-corrected chi connectivity index (χ2v) is 12.9. The van der Waals surface area contributed by atoms with Crippen LogP contribution in [0.15, 0.2) is 170 Å². The van der Waals surface area contributed by atoms with E-state index in [2.05, 4.69) is 158 Å². The van der Waals surface area contributed by atoms with E-state index in [1.165, 1.54) is 52.6 Å². The standard InChI is InChI=1S/C46H38N2/c1-5-14-34(15-6-1)39-20-13-21-40(32-39)35-22-26-41(27-23-35)46(30-11-4-12-31-46)42-28-24-38(25-29-42)45-47-43(36-16-7-2-8-17-36)33-44(48-45)37-18-9-3-10-19-37/h1-3,5-10,13-29,32-33H,4,11-12,30-31H2. The first-order valence-corrected chi connectivity index (χ1v) is 17.1. The van der Waals surface area contributed by atoms with E-state index in [4.69, 9.17) is 9.97 Å². The Hall–Kier alpha value is -5.60. The molecule has 1 aliphatic rings. The molecule has 1 fully saturated rings. The fourth-order valence-electron chi connectivity index (χ4n) is 7.42. The van der Waals surface area contributed by atoms with Crippen LogP contribution in [0.5, 0.6) is 0 Å². The molecule has 0 spiro atoms. The summed E-state index contributed by atoms with van der Waals surface area (Å²) in [5.74, 6) is 0.751. The quantitative estimate of drug-likeness (QED) is 0.178. The van der Waals surface area contributed by atoms with Gasteiger partial charge >= 0.3 is 0 Å². The summed E-state index contributed by atoms with van der Waals surface area (Å²) in [4.78, 5) is 10.1. The number of nitrogens with zero attached hydrogens (tertiary/aromatic N) is 2. The molecule has 0 saturated heterocycles. The lowest BCUT2D eigenvalue weighted by molar-refractivity contribution is 0.346. The number of aromatic nitrogens is 2. The molecule has 1 saturated carbocycles. The molecule has 0 amide bonds. The molecule has 48 heavy (non-hydrogen) atoms. The minimum Gasteiger partial charge on any atom is -0.228 e. The van der Waals surface area contributed by atoms with Crippen LogP contribution in [0.4, 0.5) is 0 Å². The van der Waals surface area contributed by atoms with E-state index in [-0.39, 0.29) is 5.41 Å². The Kier molecular flexibility index (Phi) is 8.22. The average Bonchev–Trinajstić information content (AvgIpc) is 3.19. The molecular formula is C46H38N2. The van der Waals surface area contributed by atoms with Gasteiger partial charge in [-0.1, -0.05) is 177 Å². The molecule has 8 rings (SSSR count). The Morgan fingerprint density at radius 1 is 0.333 bits per heavy atom. The van der Waals surface area contributed by atoms with Crippen molar-refractivity contribution in [3.05, 3.63) is 181 Å². The highest BCUT2D eigenvalue weighted by atomic mass is 14.9. The van der Waals surface area contributed by atoms with Crippen LogP contribution >= 0.6 is 0 Å². The third kappa shape index (κ3) is 5.98. The van der Waals surface area contributed by atoms with Gasteiger partial charge in [-0.3, -0.25) is 0 Å². The highest BCUT2D eigenvalue weighted by Gasteiger charge is 2.35. The van der Waals surface area contributed by atoms with E-state index in [1.54, 1.807) is 0 Å². The van der Waals surface area contributed by atoms with E-state index >= 15 is 0 Å². The van der Waals surface area contributed by atoms with Gasteiger partial charge in [-0.15, -0.1) is 0 Å². The van der Waals surface area contributed by atoms with Gasteiger partial charge in [0.05, 0.1) is 11.4 Å². The lowest BCUT2D eigenvalue weighted by atomic mass is 9.65. The average molecular weight is 619 g/mol. The molecule has 1 aromatic heterocycles. The maximum absolute atomic E-state index is 5.07. The summed E-state index contributed by atoms with van der Waals surface area (Å²) in [6.07, 6.45) is 6.10. The predicted molar refractivity (Wildman–Crippen MR) is 200 cm³/mol. The van der Waals surface area contributed by atoms with Crippen molar-refractivity contribution in [2.45, 2.75) is 37.5 Å². The van der Waals surface area contributed by atoms with Crippen molar-refractivity contribution in [1.82, 2.24) is 9.97 Å². The summed E-state index contributed by atoms with van der Waals surface area (Å²) in [7, 11) is 0. The second kappa shape index (κ2) is 13.3. The molecular weight excluding hydrogens is 581 g/mol. The topological polar surface area (TPSA) is 25.8 Å². The van der Waals surface area contributed by atoms with Crippen molar-refractivity contribution in [3.63, 3.8) is 0 Å². The summed E-state index contributed by atoms with van der Waals surface area (Å²) in [5, 5.41) is 0. The molecule has 1 aliphatic carbocycles. The van der Waals surface area contributed by atoms with Crippen molar-refractivity contribution < 1.29 is 0 Å². The van der Waals surface area contributed by atoms with E-state index in [1.807, 2.05) is 12.1 Å². The van der Waals surface area contributed by atoms with Crippen LogP contribution in [-0.2, 0) is 5.41 Å². The molecule has 7 aromatic rings. The molecule has 0 unspecified atom stereocenters. The van der Waals surface area contributed by atoms with Gasteiger partial charge in [-0.25, -0.2) is 9.97 Å². The highest BCUT2D eigenvalue weighted by molar-refractivity contribution is 5.74. The van der Waals surface area contributed by atoms with Gasteiger partial charge in [0.2, 0.25) is 0 Å². The Balaban J connectivity index is 1.13. The van der Waals surface area contributed by atoms with Crippen LogP contribution in [0.1, 0.15) is 43.2 Å². The van der Waals surface area contributed by atoms with E-state index in [0.717, 1.165) is 46.7 Å². The molecule has 2 heteroatoms. The molecule has 2 nitrogen and oxygen atoms in total. The Bertz CT molecular complexity index is 2050. The molecule has 0 bridgehead atoms. The van der Waals surface area contributed by atoms with E-state index < -0.39 is 0 Å². The zero-order valence-corrected chi connectivity index (χ0v) is 27.1. The number of hydrogen-bond donors (Lipinski definition) is 0. The molecule has 6 aromatic carbocycles. The van der Waals surface area contributed by atoms with Crippen molar-refractivity contribution in [3.8, 4) is 56.2 Å². The van der Waals surface area contributed by atoms with Gasteiger partial charge in [0.15, 0.2) is 5.82 Å². The van der Waals surface area contributed by atoms with Gasteiger partial charge in [0.25, 0.3) is 0 Å². The SMILES string of the molecule is c1ccc(-c2cccc(-c3ccc(C4(c5ccc(-c6nc(-c7ccccc7)cc(-c7ccccc7)n6)cc5)CCCCC4)cc3)c2)cc1. The summed E-state index contributed by atoms with van der Waals surface area (Å²) >= 11 is 0. The maximum atomic E-state index is 5.07. The molecule has 0 radical (unpaired) electrons. The van der Waals surface area contributed by atoms with Crippen LogP contribution in [0, 0.1) is 0 Å². The van der Waals surface area contributed by atoms with Gasteiger partial charge in [-0.2, -0.15) is 0 Å². The lowest BCUT2D eigenvalue weighted by Gasteiger charge is -2.39. The van der Waals surface area contributed by atoms with Crippen LogP contribution in [-0.4, -0.2) is 9.97 Å². The zero-order valence-electron chi connectivity index (χ0n) is 27.1. The Morgan fingerprint density at radius 2 is 0.750 bits per heavy atom. The minimum absolute atomic E-state index is 0.00311. The van der Waals surface area contributed by atoms with Gasteiger partial charge in [0.1, 0.15) is 0 Å². The summed E-state index contributed by atoms with van der Waals surface area (Å²) in [5.41, 5.74) is 12.9.